The Morgan fingerprint density at radius 2 is 1.24 bits per heavy atom. The van der Waals surface area contributed by atoms with Crippen molar-refractivity contribution in [2.24, 2.45) is 0 Å². The van der Waals surface area contributed by atoms with Crippen LogP contribution in [-0.2, 0) is 9.53 Å². The molecule has 0 aliphatic rings. The number of carbonyl (C=O) groups excluding carboxylic acids is 1. The number of esters is 1. The van der Waals surface area contributed by atoms with E-state index < -0.39 is 7.26 Å². The number of carbonyl (C=O) groups is 1. The summed E-state index contributed by atoms with van der Waals surface area (Å²) < 4.78 is 5.05. The maximum atomic E-state index is 11.8. The van der Waals surface area contributed by atoms with E-state index in [1.54, 1.807) is 6.92 Å². The second kappa shape index (κ2) is 13.7. The van der Waals surface area contributed by atoms with Gasteiger partial charge in [-0.1, -0.05) is 78.4 Å². The smallest absolute Gasteiger partial charge is 0.333 e. The van der Waals surface area contributed by atoms with Gasteiger partial charge >= 0.3 is 5.97 Å². The Labute approximate surface area is 210 Å². The van der Waals surface area contributed by atoms with Gasteiger partial charge in [0.25, 0.3) is 0 Å². The van der Waals surface area contributed by atoms with Gasteiger partial charge in [-0.05, 0) is 63.2 Å². The van der Waals surface area contributed by atoms with Crippen LogP contribution in [0.25, 0.3) is 0 Å². The molecule has 0 aromatic heterocycles. The molecule has 0 saturated carbocycles. The molecule has 4 heteroatoms. The largest absolute Gasteiger partial charge is 1.00 e. The molecule has 0 atom stereocenters. The molecule has 0 aliphatic carbocycles. The molecule has 0 unspecified atom stereocenters. The summed E-state index contributed by atoms with van der Waals surface area (Å²) in [4.78, 5) is 11.8. The molecule has 34 heavy (non-hydrogen) atoms. The van der Waals surface area contributed by atoms with Crippen LogP contribution in [0.2, 0.25) is 0 Å². The van der Waals surface area contributed by atoms with E-state index in [2.05, 4.69) is 110 Å². The van der Waals surface area contributed by atoms with E-state index in [9.17, 15) is 4.79 Å². The highest BCUT2D eigenvalue weighted by Crippen LogP contribution is 2.55. The van der Waals surface area contributed by atoms with Gasteiger partial charge in [0.15, 0.2) is 0 Å². The minimum Gasteiger partial charge on any atom is -1.00 e. The molecule has 2 nitrogen and oxygen atoms in total. The van der Waals surface area contributed by atoms with E-state index in [4.69, 9.17) is 4.74 Å². The molecule has 3 aromatic carbocycles. The van der Waals surface area contributed by atoms with E-state index in [1.165, 1.54) is 15.9 Å². The number of hydrogen-bond donors (Lipinski definition) is 0. The number of halogens is 1. The first-order chi connectivity index (χ1) is 16.1. The third-order valence-electron chi connectivity index (χ3n) is 5.58. The maximum Gasteiger partial charge on any atom is 0.333 e. The lowest BCUT2D eigenvalue weighted by Crippen LogP contribution is -3.00. The summed E-state index contributed by atoms with van der Waals surface area (Å²) in [5.74, 6) is -0.272. The molecule has 0 spiro atoms. The molecule has 0 fully saturated rings. The monoisotopic (exact) mass is 490 g/mol. The van der Waals surface area contributed by atoms with Gasteiger partial charge in [0.05, 0.1) is 12.8 Å². The van der Waals surface area contributed by atoms with Gasteiger partial charge in [0.1, 0.15) is 23.2 Å². The number of rotatable bonds is 9. The van der Waals surface area contributed by atoms with Crippen LogP contribution in [-0.4, -0.2) is 18.7 Å². The summed E-state index contributed by atoms with van der Waals surface area (Å²) in [6, 6.07) is 32.6. The molecule has 0 bridgehead atoms. The van der Waals surface area contributed by atoms with Crippen molar-refractivity contribution >= 4 is 29.1 Å². The molecule has 3 aromatic rings. The second-order valence-electron chi connectivity index (χ2n) is 7.88. The average Bonchev–Trinajstić information content (AvgIpc) is 2.86. The molecule has 0 saturated heterocycles. The van der Waals surface area contributed by atoms with Crippen LogP contribution in [0.4, 0.5) is 0 Å². The fourth-order valence-electron chi connectivity index (χ4n) is 3.82. The highest BCUT2D eigenvalue weighted by Gasteiger charge is 2.44. The topological polar surface area (TPSA) is 26.3 Å². The van der Waals surface area contributed by atoms with Crippen molar-refractivity contribution in [3.63, 3.8) is 0 Å². The summed E-state index contributed by atoms with van der Waals surface area (Å²) >= 11 is 0. The molecular formula is C30H32ClO2P. The third kappa shape index (κ3) is 6.79. The van der Waals surface area contributed by atoms with Crippen LogP contribution in [0.3, 0.4) is 0 Å². The summed E-state index contributed by atoms with van der Waals surface area (Å²) in [6.07, 6.45) is 9.03. The van der Waals surface area contributed by atoms with E-state index in [-0.39, 0.29) is 18.4 Å². The standard InChI is InChI=1S/C30H32O2P.ClH/c1-4-32-30(31)26(3)16-14-15-25(2)23-24-33(27-17-8-5-9-18-27,28-19-10-6-11-20-28)29-21-12-7-13-22-29;/h5-23H,4,24H2,1-3H3;1H/q+1;/p-1/b15-14+,25-23+,26-16+;. The van der Waals surface area contributed by atoms with Crippen molar-refractivity contribution in [3.05, 3.63) is 126 Å². The Bertz CT molecular complexity index is 1020. The highest BCUT2D eigenvalue weighted by molar-refractivity contribution is 7.95. The summed E-state index contributed by atoms with van der Waals surface area (Å²) in [7, 11) is -1.88. The molecular weight excluding hydrogens is 459 g/mol. The van der Waals surface area contributed by atoms with E-state index in [0.717, 1.165) is 11.7 Å². The Morgan fingerprint density at radius 3 is 1.65 bits per heavy atom. The molecule has 0 N–H and O–H groups in total. The van der Waals surface area contributed by atoms with Gasteiger partial charge in [-0.25, -0.2) is 4.79 Å². The summed E-state index contributed by atoms with van der Waals surface area (Å²) in [5, 5.41) is 4.11. The molecule has 0 amide bonds. The highest BCUT2D eigenvalue weighted by atomic mass is 35.5. The first-order valence-corrected chi connectivity index (χ1v) is 13.3. The van der Waals surface area contributed by atoms with Gasteiger partial charge in [-0.15, -0.1) is 0 Å². The van der Waals surface area contributed by atoms with Crippen molar-refractivity contribution in [2.75, 3.05) is 12.8 Å². The quantitative estimate of drug-likeness (QED) is 0.199. The first kappa shape index (κ1) is 27.3. The van der Waals surface area contributed by atoms with Crippen molar-refractivity contribution in [2.45, 2.75) is 20.8 Å². The molecule has 3 rings (SSSR count). The zero-order valence-corrected chi connectivity index (χ0v) is 21.7. The predicted octanol–water partition coefficient (Wildman–Crippen LogP) is 3.00. The van der Waals surface area contributed by atoms with Crippen LogP contribution in [0.15, 0.2) is 126 Å². The van der Waals surface area contributed by atoms with Crippen molar-refractivity contribution < 1.29 is 21.9 Å². The van der Waals surface area contributed by atoms with Crippen molar-refractivity contribution in [1.82, 2.24) is 0 Å². The first-order valence-electron chi connectivity index (χ1n) is 11.3. The predicted molar refractivity (Wildman–Crippen MR) is 143 cm³/mol. The van der Waals surface area contributed by atoms with E-state index in [1.807, 2.05) is 19.1 Å². The van der Waals surface area contributed by atoms with Gasteiger partial charge in [0, 0.05) is 5.57 Å². The Balaban J connectivity index is 0.00000408. The molecule has 0 aliphatic heterocycles. The fraction of sp³-hybridized carbons (Fsp3) is 0.167. The molecule has 0 heterocycles. The SMILES string of the molecule is CCOC(=O)/C(C)=C/C=C/C(C)=C/C[P+](c1ccccc1)(c1ccccc1)c1ccccc1.[Cl-]. The van der Waals surface area contributed by atoms with Gasteiger partial charge in [-0.2, -0.15) is 0 Å². The van der Waals surface area contributed by atoms with Crippen LogP contribution >= 0.6 is 7.26 Å². The number of allylic oxidation sites excluding steroid dienone is 5. The minimum absolute atomic E-state index is 0. The summed E-state index contributed by atoms with van der Waals surface area (Å²) in [6.45, 7) is 6.09. The van der Waals surface area contributed by atoms with Crippen molar-refractivity contribution in [3.8, 4) is 0 Å². The Hall–Kier alpha value is -2.93. The van der Waals surface area contributed by atoms with Gasteiger partial charge in [-0.3, -0.25) is 0 Å². The lowest BCUT2D eigenvalue weighted by atomic mass is 10.2. The minimum atomic E-state index is -1.88. The molecule has 0 radical (unpaired) electrons. The zero-order valence-electron chi connectivity index (χ0n) is 20.0. The van der Waals surface area contributed by atoms with Crippen LogP contribution in [0, 0.1) is 0 Å². The third-order valence-corrected chi connectivity index (χ3v) is 9.85. The maximum absolute atomic E-state index is 11.8. The van der Waals surface area contributed by atoms with Crippen molar-refractivity contribution in [1.29, 1.82) is 0 Å². The number of ether oxygens (including phenoxy) is 1. The Morgan fingerprint density at radius 1 is 0.794 bits per heavy atom. The van der Waals surface area contributed by atoms with E-state index >= 15 is 0 Å². The number of benzene rings is 3. The molecule has 176 valence electrons. The van der Waals surface area contributed by atoms with Crippen LogP contribution < -0.4 is 28.3 Å². The fourth-order valence-corrected chi connectivity index (χ4v) is 7.95. The average molecular weight is 491 g/mol. The summed E-state index contributed by atoms with van der Waals surface area (Å²) in [5.41, 5.74) is 1.76. The van der Waals surface area contributed by atoms with Crippen LogP contribution in [0.5, 0.6) is 0 Å². The lowest BCUT2D eigenvalue weighted by Gasteiger charge is -2.26. The van der Waals surface area contributed by atoms with Gasteiger partial charge < -0.3 is 17.1 Å². The van der Waals surface area contributed by atoms with Gasteiger partial charge in [0.2, 0.25) is 0 Å². The van der Waals surface area contributed by atoms with Crippen LogP contribution in [0.1, 0.15) is 20.8 Å². The normalized spacial score (nSPS) is 12.3. The zero-order chi connectivity index (χ0) is 23.5. The van der Waals surface area contributed by atoms with E-state index in [0.29, 0.717) is 12.2 Å². The number of hydrogen-bond acceptors (Lipinski definition) is 2. The Kier molecular flexibility index (Phi) is 11.0. The lowest BCUT2D eigenvalue weighted by molar-refractivity contribution is -0.138. The second-order valence-corrected chi connectivity index (χ2v) is 11.4.